The van der Waals surface area contributed by atoms with Gasteiger partial charge in [0.2, 0.25) is 0 Å². The number of hydrogen-bond acceptors (Lipinski definition) is 4. The van der Waals surface area contributed by atoms with Crippen LogP contribution in [0.15, 0.2) is 77.7 Å². The summed E-state index contributed by atoms with van der Waals surface area (Å²) in [5, 5.41) is 3.16. The molecule has 1 amide bonds. The number of benzene rings is 3. The van der Waals surface area contributed by atoms with Crippen molar-refractivity contribution in [3.05, 3.63) is 83.6 Å². The second-order valence-electron chi connectivity index (χ2n) is 5.93. The van der Waals surface area contributed by atoms with Crippen LogP contribution in [0, 0.1) is 5.82 Å². The number of ether oxygens (including phenoxy) is 1. The normalized spacial score (nSPS) is 11.0. The largest absolute Gasteiger partial charge is 0.484 e. The fraction of sp³-hybridized carbons (Fsp3) is 0.0500. The van der Waals surface area contributed by atoms with Crippen molar-refractivity contribution in [3.63, 3.8) is 0 Å². The highest BCUT2D eigenvalue weighted by Crippen LogP contribution is 2.19. The molecule has 0 aliphatic rings. The Kier molecular flexibility index (Phi) is 6.36. The molecule has 9 heteroatoms. The van der Waals surface area contributed by atoms with Gasteiger partial charge in [-0.1, -0.05) is 17.7 Å². The second-order valence-corrected chi connectivity index (χ2v) is 8.05. The molecule has 0 unspecified atom stereocenters. The lowest BCUT2D eigenvalue weighted by molar-refractivity contribution is -0.118. The predicted molar refractivity (Wildman–Crippen MR) is 109 cm³/mol. The van der Waals surface area contributed by atoms with Gasteiger partial charge in [0.05, 0.1) is 10.6 Å². The lowest BCUT2D eigenvalue weighted by atomic mass is 10.3. The van der Waals surface area contributed by atoms with E-state index in [1.165, 1.54) is 42.5 Å². The Bertz CT molecular complexity index is 1100. The molecule has 2 N–H and O–H groups in total. The van der Waals surface area contributed by atoms with E-state index in [-0.39, 0.29) is 17.2 Å². The van der Waals surface area contributed by atoms with Crippen LogP contribution in [-0.4, -0.2) is 20.9 Å². The smallest absolute Gasteiger partial charge is 0.262 e. The minimum atomic E-state index is -3.89. The van der Waals surface area contributed by atoms with E-state index in [0.717, 1.165) is 6.07 Å². The first-order chi connectivity index (χ1) is 13.8. The summed E-state index contributed by atoms with van der Waals surface area (Å²) in [6.45, 7) is -0.219. The lowest BCUT2D eigenvalue weighted by Gasteiger charge is -2.10. The maximum absolute atomic E-state index is 13.2. The van der Waals surface area contributed by atoms with Crippen molar-refractivity contribution in [2.24, 2.45) is 0 Å². The number of amides is 1. The summed E-state index contributed by atoms with van der Waals surface area (Å²) in [5.41, 5.74) is 0.515. The Morgan fingerprint density at radius 3 is 2.31 bits per heavy atom. The molecule has 150 valence electrons. The number of carbonyl (C=O) groups excluding carboxylic acids is 1. The molecule has 0 aromatic heterocycles. The first-order valence-electron chi connectivity index (χ1n) is 8.38. The van der Waals surface area contributed by atoms with Gasteiger partial charge in [0.25, 0.3) is 15.9 Å². The van der Waals surface area contributed by atoms with E-state index >= 15 is 0 Å². The molecule has 0 saturated heterocycles. The van der Waals surface area contributed by atoms with E-state index in [1.54, 1.807) is 24.3 Å². The highest BCUT2D eigenvalue weighted by molar-refractivity contribution is 7.92. The Hall–Kier alpha value is -3.10. The molecule has 0 atom stereocenters. The SMILES string of the molecule is O=C(COc1ccc(Cl)cc1)Nc1ccc(S(=O)(=O)Nc2cccc(F)c2)cc1. The van der Waals surface area contributed by atoms with Crippen LogP contribution < -0.4 is 14.8 Å². The second kappa shape index (κ2) is 8.93. The molecule has 0 spiro atoms. The average molecular weight is 435 g/mol. The average Bonchev–Trinajstić information content (AvgIpc) is 2.68. The molecule has 29 heavy (non-hydrogen) atoms. The van der Waals surface area contributed by atoms with Crippen molar-refractivity contribution in [2.75, 3.05) is 16.6 Å². The van der Waals surface area contributed by atoms with Crippen LogP contribution in [0.3, 0.4) is 0 Å². The van der Waals surface area contributed by atoms with Crippen molar-refractivity contribution in [1.82, 2.24) is 0 Å². The van der Waals surface area contributed by atoms with Crippen LogP contribution in [0.25, 0.3) is 0 Å². The fourth-order valence-corrected chi connectivity index (χ4v) is 3.54. The molecular weight excluding hydrogens is 419 g/mol. The maximum Gasteiger partial charge on any atom is 0.262 e. The highest BCUT2D eigenvalue weighted by atomic mass is 35.5. The summed E-state index contributed by atoms with van der Waals surface area (Å²) < 4.78 is 45.6. The molecule has 6 nitrogen and oxygen atoms in total. The van der Waals surface area contributed by atoms with Gasteiger partial charge in [-0.25, -0.2) is 12.8 Å². The molecule has 0 bridgehead atoms. The quantitative estimate of drug-likeness (QED) is 0.580. The third kappa shape index (κ3) is 5.94. The summed E-state index contributed by atoms with van der Waals surface area (Å²) >= 11 is 5.78. The van der Waals surface area contributed by atoms with E-state index < -0.39 is 21.7 Å². The van der Waals surface area contributed by atoms with Crippen LogP contribution in [-0.2, 0) is 14.8 Å². The molecule has 0 heterocycles. The van der Waals surface area contributed by atoms with Gasteiger partial charge in [0, 0.05) is 10.7 Å². The van der Waals surface area contributed by atoms with E-state index in [0.29, 0.717) is 16.5 Å². The first kappa shape index (κ1) is 20.6. The third-order valence-corrected chi connectivity index (χ3v) is 5.36. The minimum Gasteiger partial charge on any atom is -0.484 e. The Morgan fingerprint density at radius 1 is 0.966 bits per heavy atom. The summed E-state index contributed by atoms with van der Waals surface area (Å²) in [7, 11) is -3.89. The number of sulfonamides is 1. The standard InChI is InChI=1S/C20H16ClFN2O4S/c21-14-4-8-18(9-5-14)28-13-20(25)23-16-6-10-19(11-7-16)29(26,27)24-17-3-1-2-15(22)12-17/h1-12,24H,13H2,(H,23,25). The monoisotopic (exact) mass is 434 g/mol. The lowest BCUT2D eigenvalue weighted by Crippen LogP contribution is -2.20. The molecule has 0 radical (unpaired) electrons. The molecule has 0 aliphatic heterocycles. The van der Waals surface area contributed by atoms with Crippen molar-refractivity contribution in [2.45, 2.75) is 4.90 Å². The van der Waals surface area contributed by atoms with E-state index in [1.807, 2.05) is 0 Å². The van der Waals surface area contributed by atoms with Crippen LogP contribution in [0.4, 0.5) is 15.8 Å². The summed E-state index contributed by atoms with van der Waals surface area (Å²) in [4.78, 5) is 11.9. The summed E-state index contributed by atoms with van der Waals surface area (Å²) in [5.74, 6) is -0.466. The van der Waals surface area contributed by atoms with Gasteiger partial charge in [-0.3, -0.25) is 9.52 Å². The van der Waals surface area contributed by atoms with E-state index in [9.17, 15) is 17.6 Å². The molecule has 3 rings (SSSR count). The molecule has 0 fully saturated rings. The van der Waals surface area contributed by atoms with Crippen LogP contribution in [0.2, 0.25) is 5.02 Å². The van der Waals surface area contributed by atoms with Gasteiger partial charge in [0.1, 0.15) is 11.6 Å². The Balaban J connectivity index is 1.58. The number of halogens is 2. The van der Waals surface area contributed by atoms with Crippen molar-refractivity contribution < 1.29 is 22.3 Å². The Labute approximate surface area is 172 Å². The van der Waals surface area contributed by atoms with Crippen molar-refractivity contribution in [3.8, 4) is 5.75 Å². The fourth-order valence-electron chi connectivity index (χ4n) is 2.36. The van der Waals surface area contributed by atoms with Gasteiger partial charge in [-0.15, -0.1) is 0 Å². The zero-order chi connectivity index (χ0) is 20.9. The number of nitrogens with one attached hydrogen (secondary N) is 2. The number of anilines is 2. The molecule has 3 aromatic rings. The minimum absolute atomic E-state index is 0.0304. The topological polar surface area (TPSA) is 84.5 Å². The van der Waals surface area contributed by atoms with Gasteiger partial charge < -0.3 is 10.1 Å². The predicted octanol–water partition coefficient (Wildman–Crippen LogP) is 4.30. The zero-order valence-corrected chi connectivity index (χ0v) is 16.5. The van der Waals surface area contributed by atoms with Gasteiger partial charge in [-0.05, 0) is 66.7 Å². The van der Waals surface area contributed by atoms with Crippen LogP contribution in [0.1, 0.15) is 0 Å². The number of rotatable bonds is 7. The van der Waals surface area contributed by atoms with Crippen molar-refractivity contribution in [1.29, 1.82) is 0 Å². The van der Waals surface area contributed by atoms with Crippen LogP contribution in [0.5, 0.6) is 5.75 Å². The third-order valence-electron chi connectivity index (χ3n) is 3.71. The van der Waals surface area contributed by atoms with E-state index in [4.69, 9.17) is 16.3 Å². The van der Waals surface area contributed by atoms with Crippen LogP contribution >= 0.6 is 11.6 Å². The summed E-state index contributed by atoms with van der Waals surface area (Å²) in [6.07, 6.45) is 0. The molecule has 3 aromatic carbocycles. The number of carbonyl (C=O) groups is 1. The van der Waals surface area contributed by atoms with Gasteiger partial charge in [-0.2, -0.15) is 0 Å². The zero-order valence-electron chi connectivity index (χ0n) is 14.9. The molecule has 0 saturated carbocycles. The maximum atomic E-state index is 13.2. The number of hydrogen-bond donors (Lipinski definition) is 2. The summed E-state index contributed by atoms with van der Waals surface area (Å²) in [6, 6.07) is 17.3. The highest BCUT2D eigenvalue weighted by Gasteiger charge is 2.15. The molecular formula is C20H16ClFN2O4S. The molecule has 0 aliphatic carbocycles. The van der Waals surface area contributed by atoms with Gasteiger partial charge >= 0.3 is 0 Å². The van der Waals surface area contributed by atoms with Gasteiger partial charge in [0.15, 0.2) is 6.61 Å². The Morgan fingerprint density at radius 2 is 1.66 bits per heavy atom. The first-order valence-corrected chi connectivity index (χ1v) is 10.2. The van der Waals surface area contributed by atoms with E-state index in [2.05, 4.69) is 10.0 Å². The van der Waals surface area contributed by atoms with Crippen molar-refractivity contribution >= 4 is 38.9 Å².